The van der Waals surface area contributed by atoms with Crippen LogP contribution in [0, 0.1) is 0 Å². The standard InChI is InChI=1S/C19H33NO3.ClH/c20-19(15-22,16-23)13-12-18-10-8-17(9-11-18)7-5-3-1-2-4-6-14-21;/h8-11,21-23H,1-7,12-16,20H2;1H. The fourth-order valence-corrected chi connectivity index (χ4v) is 2.62. The van der Waals surface area contributed by atoms with Crippen LogP contribution in [0.2, 0.25) is 0 Å². The number of aliphatic hydroxyl groups excluding tert-OH is 3. The number of benzene rings is 1. The van der Waals surface area contributed by atoms with Gasteiger partial charge in [-0.25, -0.2) is 0 Å². The quantitative estimate of drug-likeness (QED) is 0.408. The van der Waals surface area contributed by atoms with E-state index in [2.05, 4.69) is 24.3 Å². The van der Waals surface area contributed by atoms with Gasteiger partial charge in [-0.1, -0.05) is 49.9 Å². The maximum absolute atomic E-state index is 9.20. The van der Waals surface area contributed by atoms with Crippen LogP contribution < -0.4 is 5.73 Å². The summed E-state index contributed by atoms with van der Waals surface area (Å²) in [6, 6.07) is 8.56. The predicted octanol–water partition coefficient (Wildman–Crippen LogP) is 2.60. The summed E-state index contributed by atoms with van der Waals surface area (Å²) in [6.07, 6.45) is 9.43. The molecule has 0 atom stereocenters. The molecule has 0 unspecified atom stereocenters. The van der Waals surface area contributed by atoms with Gasteiger partial charge in [0.15, 0.2) is 0 Å². The number of unbranched alkanes of at least 4 members (excludes halogenated alkanes) is 5. The minimum absolute atomic E-state index is 0. The second-order valence-electron chi connectivity index (χ2n) is 6.59. The first kappa shape index (κ1) is 23.4. The lowest BCUT2D eigenvalue weighted by atomic mass is 9.93. The number of nitrogens with two attached hydrogens (primary N) is 1. The van der Waals surface area contributed by atoms with Crippen LogP contribution in [0.5, 0.6) is 0 Å². The molecule has 0 spiro atoms. The lowest BCUT2D eigenvalue weighted by molar-refractivity contribution is 0.115. The van der Waals surface area contributed by atoms with Gasteiger partial charge in [-0.05, 0) is 43.2 Å². The second-order valence-corrected chi connectivity index (χ2v) is 6.59. The van der Waals surface area contributed by atoms with Crippen molar-refractivity contribution in [1.82, 2.24) is 0 Å². The molecule has 0 fully saturated rings. The van der Waals surface area contributed by atoms with E-state index in [0.29, 0.717) is 13.0 Å². The Kier molecular flexibility index (Phi) is 13.3. The van der Waals surface area contributed by atoms with E-state index >= 15 is 0 Å². The summed E-state index contributed by atoms with van der Waals surface area (Å²) in [6.45, 7) is -0.0754. The minimum Gasteiger partial charge on any atom is -0.396 e. The Morgan fingerprint density at radius 3 is 1.67 bits per heavy atom. The molecule has 5 N–H and O–H groups in total. The molecule has 1 aromatic carbocycles. The third-order valence-corrected chi connectivity index (χ3v) is 4.44. The summed E-state index contributed by atoms with van der Waals surface area (Å²) in [5.41, 5.74) is 7.55. The minimum atomic E-state index is -0.880. The Morgan fingerprint density at radius 2 is 1.17 bits per heavy atom. The average Bonchev–Trinajstić information content (AvgIpc) is 2.60. The molecule has 24 heavy (non-hydrogen) atoms. The van der Waals surface area contributed by atoms with E-state index in [1.54, 1.807) is 0 Å². The molecule has 0 aromatic heterocycles. The van der Waals surface area contributed by atoms with Gasteiger partial charge in [-0.15, -0.1) is 12.4 Å². The maximum atomic E-state index is 9.20. The molecule has 0 radical (unpaired) electrons. The summed E-state index contributed by atoms with van der Waals surface area (Å²) >= 11 is 0. The van der Waals surface area contributed by atoms with Gasteiger partial charge in [0.05, 0.1) is 18.8 Å². The number of aliphatic hydroxyl groups is 3. The average molecular weight is 360 g/mol. The summed E-state index contributed by atoms with van der Waals surface area (Å²) in [7, 11) is 0. The van der Waals surface area contributed by atoms with Gasteiger partial charge in [-0.2, -0.15) is 0 Å². The Hall–Kier alpha value is -0.650. The molecule has 0 saturated carbocycles. The molecule has 1 rings (SSSR count). The van der Waals surface area contributed by atoms with Crippen molar-refractivity contribution in [1.29, 1.82) is 0 Å². The van der Waals surface area contributed by atoms with E-state index < -0.39 is 5.54 Å². The first-order valence-corrected chi connectivity index (χ1v) is 8.83. The lowest BCUT2D eigenvalue weighted by Gasteiger charge is -2.24. The third kappa shape index (κ3) is 9.60. The van der Waals surface area contributed by atoms with Crippen LogP contribution in [0.25, 0.3) is 0 Å². The van der Waals surface area contributed by atoms with Gasteiger partial charge in [-0.3, -0.25) is 0 Å². The third-order valence-electron chi connectivity index (χ3n) is 4.44. The van der Waals surface area contributed by atoms with Crippen LogP contribution in [-0.4, -0.2) is 40.7 Å². The number of hydrogen-bond donors (Lipinski definition) is 4. The topological polar surface area (TPSA) is 86.7 Å². The molecule has 0 bridgehead atoms. The van der Waals surface area contributed by atoms with Crippen molar-refractivity contribution in [3.63, 3.8) is 0 Å². The first-order chi connectivity index (χ1) is 11.1. The molecule has 140 valence electrons. The van der Waals surface area contributed by atoms with Crippen LogP contribution in [-0.2, 0) is 12.8 Å². The van der Waals surface area contributed by atoms with Crippen molar-refractivity contribution < 1.29 is 15.3 Å². The molecule has 0 aliphatic heterocycles. The molecule has 0 heterocycles. The van der Waals surface area contributed by atoms with Crippen LogP contribution in [0.4, 0.5) is 0 Å². The zero-order valence-corrected chi connectivity index (χ0v) is 15.4. The highest BCUT2D eigenvalue weighted by Gasteiger charge is 2.22. The predicted molar refractivity (Wildman–Crippen MR) is 102 cm³/mol. The van der Waals surface area contributed by atoms with Crippen LogP contribution in [0.1, 0.15) is 56.1 Å². The van der Waals surface area contributed by atoms with Gasteiger partial charge in [0.25, 0.3) is 0 Å². The van der Waals surface area contributed by atoms with E-state index in [-0.39, 0.29) is 25.6 Å². The SMILES string of the molecule is Cl.NC(CO)(CO)CCc1ccc(CCCCCCCCO)cc1. The van der Waals surface area contributed by atoms with Crippen LogP contribution in [0.15, 0.2) is 24.3 Å². The fraction of sp³-hybridized carbons (Fsp3) is 0.684. The van der Waals surface area contributed by atoms with Gasteiger partial charge >= 0.3 is 0 Å². The monoisotopic (exact) mass is 359 g/mol. The number of aryl methyl sites for hydroxylation is 2. The number of rotatable bonds is 13. The smallest absolute Gasteiger partial charge is 0.0633 e. The van der Waals surface area contributed by atoms with Crippen molar-refractivity contribution >= 4 is 12.4 Å². The van der Waals surface area contributed by atoms with E-state index in [9.17, 15) is 10.2 Å². The van der Waals surface area contributed by atoms with Crippen molar-refractivity contribution in [2.45, 2.75) is 63.3 Å². The first-order valence-electron chi connectivity index (χ1n) is 8.83. The molecule has 0 saturated heterocycles. The van der Waals surface area contributed by atoms with Crippen molar-refractivity contribution in [2.75, 3.05) is 19.8 Å². The summed E-state index contributed by atoms with van der Waals surface area (Å²) in [4.78, 5) is 0. The van der Waals surface area contributed by atoms with Gasteiger partial charge < -0.3 is 21.1 Å². The van der Waals surface area contributed by atoms with Crippen molar-refractivity contribution in [2.24, 2.45) is 5.73 Å². The Morgan fingerprint density at radius 1 is 0.708 bits per heavy atom. The zero-order chi connectivity index (χ0) is 17.0. The normalized spacial score (nSPS) is 11.3. The Balaban J connectivity index is 0.00000529. The number of hydrogen-bond acceptors (Lipinski definition) is 4. The highest BCUT2D eigenvalue weighted by Crippen LogP contribution is 2.14. The highest BCUT2D eigenvalue weighted by molar-refractivity contribution is 5.85. The second kappa shape index (κ2) is 13.6. The van der Waals surface area contributed by atoms with E-state index in [1.807, 2.05) is 0 Å². The van der Waals surface area contributed by atoms with Crippen molar-refractivity contribution in [3.05, 3.63) is 35.4 Å². The van der Waals surface area contributed by atoms with Gasteiger partial charge in [0, 0.05) is 6.61 Å². The molecule has 4 nitrogen and oxygen atoms in total. The van der Waals surface area contributed by atoms with Gasteiger partial charge in [0.2, 0.25) is 0 Å². The molecule has 0 aliphatic rings. The summed E-state index contributed by atoms with van der Waals surface area (Å²) in [5.74, 6) is 0. The molecule has 5 heteroatoms. The number of halogens is 1. The van der Waals surface area contributed by atoms with Crippen LogP contribution in [0.3, 0.4) is 0 Å². The molecular formula is C19H34ClNO3. The summed E-state index contributed by atoms with van der Waals surface area (Å²) in [5, 5.41) is 27.1. The molecular weight excluding hydrogens is 326 g/mol. The molecule has 0 amide bonds. The Labute approximate surface area is 152 Å². The Bertz CT molecular complexity index is 408. The maximum Gasteiger partial charge on any atom is 0.0633 e. The van der Waals surface area contributed by atoms with E-state index in [4.69, 9.17) is 10.8 Å². The van der Waals surface area contributed by atoms with Gasteiger partial charge in [0.1, 0.15) is 0 Å². The lowest BCUT2D eigenvalue weighted by Crippen LogP contribution is -2.47. The largest absolute Gasteiger partial charge is 0.396 e. The van der Waals surface area contributed by atoms with Crippen LogP contribution >= 0.6 is 12.4 Å². The zero-order valence-electron chi connectivity index (χ0n) is 14.6. The van der Waals surface area contributed by atoms with Crippen molar-refractivity contribution in [3.8, 4) is 0 Å². The highest BCUT2D eigenvalue weighted by atomic mass is 35.5. The summed E-state index contributed by atoms with van der Waals surface area (Å²) < 4.78 is 0. The molecule has 1 aromatic rings. The molecule has 0 aliphatic carbocycles. The van der Waals surface area contributed by atoms with E-state index in [0.717, 1.165) is 25.7 Å². The van der Waals surface area contributed by atoms with E-state index in [1.165, 1.54) is 36.8 Å². The fourth-order valence-electron chi connectivity index (χ4n) is 2.62.